The number of sulfonamides is 1. The van der Waals surface area contributed by atoms with E-state index in [-0.39, 0.29) is 17.3 Å². The van der Waals surface area contributed by atoms with E-state index < -0.39 is 21.4 Å². The van der Waals surface area contributed by atoms with Crippen LogP contribution in [0.2, 0.25) is 0 Å². The normalized spacial score (nSPS) is 27.0. The Kier molecular flexibility index (Phi) is 9.62. The first-order valence-electron chi connectivity index (χ1n) is 12.5. The van der Waals surface area contributed by atoms with Gasteiger partial charge in [0.2, 0.25) is 10.0 Å². The van der Waals surface area contributed by atoms with Gasteiger partial charge in [0, 0.05) is 24.6 Å². The summed E-state index contributed by atoms with van der Waals surface area (Å²) in [6.07, 6.45) is 11.9. The standard InChI is InChI=1S/C25H45NO4S/c1-6-9-11-13-17-26(18-14-12-10-7-2)31(28,29)20-25-16-15-21(24(25,4)5)19-22(25)30-23(27)8-3/h8,21-22H,3,6-7,9-20H2,1-2,4-5H3/t21-,22-,25-/m1/s1. The van der Waals surface area contributed by atoms with Crippen LogP contribution < -0.4 is 0 Å². The third kappa shape index (κ3) is 5.93. The summed E-state index contributed by atoms with van der Waals surface area (Å²) in [5.74, 6) is 0.0362. The predicted octanol–water partition coefficient (Wildman–Crippen LogP) is 5.70. The number of nitrogens with zero attached hydrogens (tertiary/aromatic N) is 1. The highest BCUT2D eigenvalue weighted by atomic mass is 32.2. The van der Waals surface area contributed by atoms with Gasteiger partial charge in [0.15, 0.2) is 0 Å². The van der Waals surface area contributed by atoms with Gasteiger partial charge in [0.05, 0.1) is 5.75 Å². The fourth-order valence-electron chi connectivity index (χ4n) is 5.93. The molecule has 2 aliphatic carbocycles. The Morgan fingerprint density at radius 2 is 1.65 bits per heavy atom. The molecule has 3 atom stereocenters. The molecule has 2 saturated carbocycles. The predicted molar refractivity (Wildman–Crippen MR) is 127 cm³/mol. The van der Waals surface area contributed by atoms with E-state index in [1.54, 1.807) is 4.31 Å². The summed E-state index contributed by atoms with van der Waals surface area (Å²) >= 11 is 0. The van der Waals surface area contributed by atoms with Crippen LogP contribution in [0.15, 0.2) is 12.7 Å². The molecule has 0 aromatic rings. The van der Waals surface area contributed by atoms with Gasteiger partial charge in [-0.3, -0.25) is 0 Å². The second-order valence-electron chi connectivity index (χ2n) is 10.3. The van der Waals surface area contributed by atoms with E-state index in [9.17, 15) is 13.2 Å². The first-order valence-corrected chi connectivity index (χ1v) is 14.1. The van der Waals surface area contributed by atoms with E-state index in [2.05, 4.69) is 34.3 Å². The molecule has 0 radical (unpaired) electrons. The summed E-state index contributed by atoms with van der Waals surface area (Å²) in [5.41, 5.74) is -0.678. The van der Waals surface area contributed by atoms with Gasteiger partial charge in [0.25, 0.3) is 0 Å². The Morgan fingerprint density at radius 3 is 2.13 bits per heavy atom. The van der Waals surface area contributed by atoms with E-state index in [1.165, 1.54) is 6.08 Å². The van der Waals surface area contributed by atoms with Crippen molar-refractivity contribution in [1.82, 2.24) is 4.31 Å². The van der Waals surface area contributed by atoms with E-state index in [0.29, 0.717) is 19.0 Å². The molecule has 180 valence electrons. The topological polar surface area (TPSA) is 63.7 Å². The molecule has 0 unspecified atom stereocenters. The number of carbonyl (C=O) groups excluding carboxylic acids is 1. The lowest BCUT2D eigenvalue weighted by Crippen LogP contribution is -2.49. The molecule has 0 aromatic heterocycles. The summed E-state index contributed by atoms with van der Waals surface area (Å²) in [7, 11) is -3.45. The van der Waals surface area contributed by atoms with Gasteiger partial charge in [-0.25, -0.2) is 17.5 Å². The van der Waals surface area contributed by atoms with Gasteiger partial charge in [-0.1, -0.05) is 72.8 Å². The van der Waals surface area contributed by atoms with Gasteiger partial charge in [-0.15, -0.1) is 0 Å². The summed E-state index contributed by atoms with van der Waals surface area (Å²) in [6.45, 7) is 13.4. The zero-order valence-corrected chi connectivity index (χ0v) is 21.1. The van der Waals surface area contributed by atoms with Crippen LogP contribution in [0.1, 0.15) is 98.3 Å². The molecule has 0 aromatic carbocycles. The molecule has 0 N–H and O–H groups in total. The van der Waals surface area contributed by atoms with Crippen molar-refractivity contribution in [2.45, 2.75) is 104 Å². The highest BCUT2D eigenvalue weighted by molar-refractivity contribution is 7.89. The fourth-order valence-corrected chi connectivity index (χ4v) is 8.28. The Balaban J connectivity index is 2.21. The number of hydrogen-bond acceptors (Lipinski definition) is 4. The minimum atomic E-state index is -3.45. The van der Waals surface area contributed by atoms with Gasteiger partial charge in [0.1, 0.15) is 6.10 Å². The zero-order chi connectivity index (χ0) is 23.1. The van der Waals surface area contributed by atoms with Gasteiger partial charge in [-0.05, 0) is 43.4 Å². The Bertz CT molecular complexity index is 690. The van der Waals surface area contributed by atoms with Gasteiger partial charge in [-0.2, -0.15) is 0 Å². The smallest absolute Gasteiger partial charge is 0.330 e. The van der Waals surface area contributed by atoms with Crippen molar-refractivity contribution in [1.29, 1.82) is 0 Å². The SMILES string of the molecule is C=CC(=O)O[C@@H]1C[C@H]2CC[C@]1(CS(=O)(=O)N(CCCCCC)CCCCCC)C2(C)C. The molecule has 0 saturated heterocycles. The lowest BCUT2D eigenvalue weighted by molar-refractivity contribution is -0.150. The minimum absolute atomic E-state index is 0.0835. The third-order valence-corrected chi connectivity index (χ3v) is 10.2. The van der Waals surface area contributed by atoms with Crippen LogP contribution in [0.5, 0.6) is 0 Å². The van der Waals surface area contributed by atoms with Crippen LogP contribution in [0.4, 0.5) is 0 Å². The average molecular weight is 456 g/mol. The third-order valence-electron chi connectivity index (χ3n) is 8.14. The molecule has 2 rings (SSSR count). The van der Waals surface area contributed by atoms with Crippen molar-refractivity contribution in [2.24, 2.45) is 16.7 Å². The molecule has 0 amide bonds. The maximum atomic E-state index is 13.8. The summed E-state index contributed by atoms with van der Waals surface area (Å²) < 4.78 is 35.0. The molecule has 0 spiro atoms. The number of unbranched alkanes of at least 4 members (excludes halogenated alkanes) is 6. The quantitative estimate of drug-likeness (QED) is 0.180. The van der Waals surface area contributed by atoms with Crippen LogP contribution >= 0.6 is 0 Å². The van der Waals surface area contributed by atoms with Crippen LogP contribution in [-0.4, -0.2) is 43.6 Å². The molecule has 0 heterocycles. The first-order chi connectivity index (χ1) is 14.6. The lowest BCUT2D eigenvalue weighted by Gasteiger charge is -2.42. The van der Waals surface area contributed by atoms with Crippen molar-refractivity contribution in [3.05, 3.63) is 12.7 Å². The number of esters is 1. The highest BCUT2D eigenvalue weighted by Crippen LogP contribution is 2.67. The molecule has 0 aliphatic heterocycles. The summed E-state index contributed by atoms with van der Waals surface area (Å²) in [5, 5.41) is 0. The van der Waals surface area contributed by atoms with Crippen LogP contribution in [-0.2, 0) is 19.6 Å². The van der Waals surface area contributed by atoms with Gasteiger partial charge < -0.3 is 4.74 Å². The van der Waals surface area contributed by atoms with Crippen LogP contribution in [0, 0.1) is 16.7 Å². The molecule has 5 nitrogen and oxygen atoms in total. The number of rotatable bonds is 15. The largest absolute Gasteiger partial charge is 0.459 e. The van der Waals surface area contributed by atoms with Crippen molar-refractivity contribution < 1.29 is 17.9 Å². The van der Waals surface area contributed by atoms with E-state index >= 15 is 0 Å². The molecule has 6 heteroatoms. The molecule has 31 heavy (non-hydrogen) atoms. The maximum Gasteiger partial charge on any atom is 0.330 e. The van der Waals surface area contributed by atoms with E-state index in [1.807, 2.05) is 0 Å². The van der Waals surface area contributed by atoms with Crippen LogP contribution in [0.3, 0.4) is 0 Å². The molecular formula is C25H45NO4S. The molecule has 2 fully saturated rings. The number of carbonyl (C=O) groups is 1. The average Bonchev–Trinajstić information content (AvgIpc) is 3.06. The lowest BCUT2D eigenvalue weighted by atomic mass is 9.69. The second-order valence-corrected chi connectivity index (χ2v) is 12.2. The van der Waals surface area contributed by atoms with Crippen molar-refractivity contribution >= 4 is 16.0 Å². The highest BCUT2D eigenvalue weighted by Gasteiger charge is 2.67. The number of ether oxygens (including phenoxy) is 1. The first kappa shape index (κ1) is 26.4. The summed E-state index contributed by atoms with van der Waals surface area (Å²) in [4.78, 5) is 12.0. The number of fused-ring (bicyclic) bond motifs is 2. The Hall–Kier alpha value is -0.880. The molecular weight excluding hydrogens is 410 g/mol. The van der Waals surface area contributed by atoms with Crippen molar-refractivity contribution in [3.8, 4) is 0 Å². The fraction of sp³-hybridized carbons (Fsp3) is 0.880. The zero-order valence-electron chi connectivity index (χ0n) is 20.3. The Morgan fingerprint density at radius 1 is 1.06 bits per heavy atom. The minimum Gasteiger partial charge on any atom is -0.459 e. The van der Waals surface area contributed by atoms with E-state index in [4.69, 9.17) is 4.74 Å². The monoisotopic (exact) mass is 455 g/mol. The Labute approximate surface area is 191 Å². The van der Waals surface area contributed by atoms with Gasteiger partial charge >= 0.3 is 5.97 Å². The second kappa shape index (κ2) is 11.3. The summed E-state index contributed by atoms with van der Waals surface area (Å²) in [6, 6.07) is 0. The van der Waals surface area contributed by atoms with Crippen molar-refractivity contribution in [2.75, 3.05) is 18.8 Å². The van der Waals surface area contributed by atoms with Crippen LogP contribution in [0.25, 0.3) is 0 Å². The van der Waals surface area contributed by atoms with E-state index in [0.717, 1.165) is 70.6 Å². The molecule has 2 aliphatic rings. The molecule has 2 bridgehead atoms. The number of hydrogen-bond donors (Lipinski definition) is 0. The maximum absolute atomic E-state index is 13.8. The van der Waals surface area contributed by atoms with Crippen molar-refractivity contribution in [3.63, 3.8) is 0 Å².